The van der Waals surface area contributed by atoms with Gasteiger partial charge in [-0.25, -0.2) is 4.79 Å². The molecule has 5 nitrogen and oxygen atoms in total. The van der Waals surface area contributed by atoms with Gasteiger partial charge in [-0.1, -0.05) is 20.8 Å². The first-order valence-electron chi connectivity index (χ1n) is 5.12. The van der Waals surface area contributed by atoms with Crippen LogP contribution in [0.3, 0.4) is 0 Å². The molecule has 0 aromatic carbocycles. The van der Waals surface area contributed by atoms with Gasteiger partial charge in [0.05, 0.1) is 0 Å². The number of hydrogen-bond donors (Lipinski definition) is 1. The van der Waals surface area contributed by atoms with Crippen molar-refractivity contribution >= 4 is 5.97 Å². The van der Waals surface area contributed by atoms with Crippen LogP contribution in [-0.4, -0.2) is 25.8 Å². The predicted molar refractivity (Wildman–Crippen MR) is 55.6 cm³/mol. The molecule has 1 atom stereocenters. The van der Waals surface area contributed by atoms with Crippen molar-refractivity contribution in [2.75, 3.05) is 0 Å². The van der Waals surface area contributed by atoms with Gasteiger partial charge >= 0.3 is 5.97 Å². The number of nitrogens with zero attached hydrogens (tertiary/aromatic N) is 3. The molecule has 0 fully saturated rings. The highest BCUT2D eigenvalue weighted by atomic mass is 16.4. The third-order valence-corrected chi connectivity index (χ3v) is 2.42. The van der Waals surface area contributed by atoms with E-state index in [0.29, 0.717) is 12.2 Å². The maximum atomic E-state index is 11.2. The van der Waals surface area contributed by atoms with Crippen molar-refractivity contribution in [2.45, 2.75) is 40.2 Å². The Morgan fingerprint density at radius 2 is 2.07 bits per heavy atom. The van der Waals surface area contributed by atoms with E-state index in [4.69, 9.17) is 0 Å². The van der Waals surface area contributed by atoms with Crippen molar-refractivity contribution < 1.29 is 9.90 Å². The monoisotopic (exact) mass is 211 g/mol. The zero-order valence-corrected chi connectivity index (χ0v) is 9.56. The van der Waals surface area contributed by atoms with Gasteiger partial charge in [0.1, 0.15) is 17.7 Å². The van der Waals surface area contributed by atoms with Crippen molar-refractivity contribution in [1.29, 1.82) is 0 Å². The molecule has 0 aliphatic rings. The van der Waals surface area contributed by atoms with Crippen LogP contribution in [0.15, 0.2) is 0 Å². The maximum absolute atomic E-state index is 11.2. The summed E-state index contributed by atoms with van der Waals surface area (Å²) in [4.78, 5) is 11.2. The summed E-state index contributed by atoms with van der Waals surface area (Å²) in [6.07, 6.45) is 0.692. The third-order valence-electron chi connectivity index (χ3n) is 2.42. The first-order valence-corrected chi connectivity index (χ1v) is 5.12. The van der Waals surface area contributed by atoms with Gasteiger partial charge < -0.3 is 9.67 Å². The molecule has 0 radical (unpaired) electrons. The number of aliphatic carboxylic acids is 1. The number of carboxylic acid groups (broad SMARTS) is 1. The zero-order chi connectivity index (χ0) is 11.6. The molecule has 0 aliphatic carbocycles. The Labute approximate surface area is 89.1 Å². The largest absolute Gasteiger partial charge is 0.480 e. The van der Waals surface area contributed by atoms with Crippen LogP contribution in [0.4, 0.5) is 0 Å². The molecule has 5 heteroatoms. The Morgan fingerprint density at radius 3 is 2.47 bits per heavy atom. The SMILES string of the molecule is CCc1nnc(C)n1C(C(=O)O)C(C)C. The van der Waals surface area contributed by atoms with E-state index in [1.807, 2.05) is 20.8 Å². The lowest BCUT2D eigenvalue weighted by atomic mass is 10.0. The molecule has 15 heavy (non-hydrogen) atoms. The average molecular weight is 211 g/mol. The van der Waals surface area contributed by atoms with Gasteiger partial charge in [-0.05, 0) is 12.8 Å². The molecular weight excluding hydrogens is 194 g/mol. The molecule has 1 aromatic heterocycles. The smallest absolute Gasteiger partial charge is 0.327 e. The Kier molecular flexibility index (Phi) is 3.44. The van der Waals surface area contributed by atoms with Crippen LogP contribution in [0.5, 0.6) is 0 Å². The van der Waals surface area contributed by atoms with Gasteiger partial charge in [-0.2, -0.15) is 0 Å². The molecule has 1 aromatic rings. The second-order valence-corrected chi connectivity index (χ2v) is 3.91. The lowest BCUT2D eigenvalue weighted by Gasteiger charge is -2.20. The van der Waals surface area contributed by atoms with Crippen LogP contribution in [0, 0.1) is 12.8 Å². The Hall–Kier alpha value is -1.39. The van der Waals surface area contributed by atoms with Crippen molar-refractivity contribution in [3.63, 3.8) is 0 Å². The van der Waals surface area contributed by atoms with E-state index in [2.05, 4.69) is 10.2 Å². The van der Waals surface area contributed by atoms with Gasteiger partial charge in [0.2, 0.25) is 0 Å². The highest BCUT2D eigenvalue weighted by Gasteiger charge is 2.27. The summed E-state index contributed by atoms with van der Waals surface area (Å²) in [5.74, 6) is 0.576. The van der Waals surface area contributed by atoms with Gasteiger partial charge in [0, 0.05) is 6.42 Å². The lowest BCUT2D eigenvalue weighted by Crippen LogP contribution is -2.26. The maximum Gasteiger partial charge on any atom is 0.327 e. The first-order chi connectivity index (χ1) is 6.99. The minimum Gasteiger partial charge on any atom is -0.480 e. The molecule has 84 valence electrons. The summed E-state index contributed by atoms with van der Waals surface area (Å²) in [7, 11) is 0. The highest BCUT2D eigenvalue weighted by molar-refractivity contribution is 5.72. The lowest BCUT2D eigenvalue weighted by molar-refractivity contribution is -0.142. The molecule has 1 heterocycles. The quantitative estimate of drug-likeness (QED) is 0.818. The third kappa shape index (κ3) is 2.16. The summed E-state index contributed by atoms with van der Waals surface area (Å²) >= 11 is 0. The predicted octanol–water partition coefficient (Wildman–Crippen LogP) is 1.43. The molecule has 0 aliphatic heterocycles. The average Bonchev–Trinajstić information content (AvgIpc) is 2.47. The van der Waals surface area contributed by atoms with E-state index in [1.165, 1.54) is 0 Å². The summed E-state index contributed by atoms with van der Waals surface area (Å²) in [5.41, 5.74) is 0. The second kappa shape index (κ2) is 4.42. The fourth-order valence-corrected chi connectivity index (χ4v) is 1.71. The molecule has 0 spiro atoms. The minimum absolute atomic E-state index is 0.0162. The minimum atomic E-state index is -0.831. The van der Waals surface area contributed by atoms with Crippen molar-refractivity contribution in [1.82, 2.24) is 14.8 Å². The van der Waals surface area contributed by atoms with E-state index < -0.39 is 12.0 Å². The van der Waals surface area contributed by atoms with Crippen LogP contribution >= 0.6 is 0 Å². The second-order valence-electron chi connectivity index (χ2n) is 3.91. The summed E-state index contributed by atoms with van der Waals surface area (Å²) < 4.78 is 1.72. The number of aromatic nitrogens is 3. The van der Waals surface area contributed by atoms with Crippen LogP contribution in [0.1, 0.15) is 38.5 Å². The van der Waals surface area contributed by atoms with E-state index in [-0.39, 0.29) is 5.92 Å². The van der Waals surface area contributed by atoms with Gasteiger partial charge in [-0.3, -0.25) is 0 Å². The summed E-state index contributed by atoms with van der Waals surface area (Å²) in [6.45, 7) is 7.50. The van der Waals surface area contributed by atoms with Crippen LogP contribution in [0.25, 0.3) is 0 Å². The summed E-state index contributed by atoms with van der Waals surface area (Å²) in [5, 5.41) is 17.1. The number of carbonyl (C=O) groups is 1. The van der Waals surface area contributed by atoms with Gasteiger partial charge in [0.15, 0.2) is 0 Å². The molecule has 0 saturated carbocycles. The number of aryl methyl sites for hydroxylation is 2. The zero-order valence-electron chi connectivity index (χ0n) is 9.56. The van der Waals surface area contributed by atoms with Crippen LogP contribution in [0.2, 0.25) is 0 Å². The molecular formula is C10H17N3O2. The topological polar surface area (TPSA) is 68.0 Å². The fraction of sp³-hybridized carbons (Fsp3) is 0.700. The molecule has 1 N–H and O–H groups in total. The highest BCUT2D eigenvalue weighted by Crippen LogP contribution is 2.21. The molecule has 1 rings (SSSR count). The van der Waals surface area contributed by atoms with E-state index >= 15 is 0 Å². The van der Waals surface area contributed by atoms with Gasteiger partial charge in [0.25, 0.3) is 0 Å². The molecule has 0 bridgehead atoms. The molecule has 0 saturated heterocycles. The van der Waals surface area contributed by atoms with Crippen molar-refractivity contribution in [3.05, 3.63) is 11.6 Å². The number of carboxylic acids is 1. The Balaban J connectivity index is 3.21. The van der Waals surface area contributed by atoms with Crippen LogP contribution in [-0.2, 0) is 11.2 Å². The molecule has 0 amide bonds. The Morgan fingerprint density at radius 1 is 1.47 bits per heavy atom. The number of rotatable bonds is 4. The van der Waals surface area contributed by atoms with E-state index in [1.54, 1.807) is 11.5 Å². The normalized spacial score (nSPS) is 13.1. The standard InChI is InChI=1S/C10H17N3O2/c1-5-8-12-11-7(4)13(8)9(6(2)3)10(14)15/h6,9H,5H2,1-4H3,(H,14,15). The van der Waals surface area contributed by atoms with Gasteiger partial charge in [-0.15, -0.1) is 10.2 Å². The van der Waals surface area contributed by atoms with Crippen LogP contribution < -0.4 is 0 Å². The number of hydrogen-bond acceptors (Lipinski definition) is 3. The van der Waals surface area contributed by atoms with E-state index in [0.717, 1.165) is 5.82 Å². The molecule has 1 unspecified atom stereocenters. The van der Waals surface area contributed by atoms with Crippen molar-refractivity contribution in [3.8, 4) is 0 Å². The van der Waals surface area contributed by atoms with Crippen molar-refractivity contribution in [2.24, 2.45) is 5.92 Å². The first kappa shape index (κ1) is 11.7. The summed E-state index contributed by atoms with van der Waals surface area (Å²) in [6, 6.07) is -0.574. The van der Waals surface area contributed by atoms with E-state index in [9.17, 15) is 9.90 Å². The Bertz CT molecular complexity index is 358. The fourth-order valence-electron chi connectivity index (χ4n) is 1.71.